The maximum atomic E-state index is 12.8. The lowest BCUT2D eigenvalue weighted by Crippen LogP contribution is -2.38. The largest absolute Gasteiger partial charge is 0.339 e. The van der Waals surface area contributed by atoms with Crippen LogP contribution in [-0.2, 0) is 0 Å². The van der Waals surface area contributed by atoms with E-state index in [4.69, 9.17) is 0 Å². The van der Waals surface area contributed by atoms with Crippen molar-refractivity contribution in [3.05, 3.63) is 66.0 Å². The highest BCUT2D eigenvalue weighted by Gasteiger charge is 2.23. The second kappa shape index (κ2) is 7.55. The number of fused-ring (bicyclic) bond motifs is 1. The first-order chi connectivity index (χ1) is 13.1. The molecule has 4 rings (SSSR count). The summed E-state index contributed by atoms with van der Waals surface area (Å²) in [5.41, 5.74) is 4.08. The summed E-state index contributed by atoms with van der Waals surface area (Å²) in [7, 11) is 1.95. The van der Waals surface area contributed by atoms with E-state index in [2.05, 4.69) is 34.7 Å². The minimum absolute atomic E-state index is 0.134. The Labute approximate surface area is 160 Å². The van der Waals surface area contributed by atoms with Gasteiger partial charge in [0.25, 0.3) is 5.91 Å². The number of carbonyl (C=O) groups excluding carboxylic acids is 1. The Hall–Kier alpha value is -2.62. The molecule has 140 valence electrons. The molecule has 27 heavy (non-hydrogen) atoms. The average Bonchev–Trinajstić information content (AvgIpc) is 3.17. The molecule has 0 N–H and O–H groups in total. The molecule has 1 atom stereocenters. The van der Waals surface area contributed by atoms with Crippen molar-refractivity contribution >= 4 is 16.9 Å². The van der Waals surface area contributed by atoms with Crippen LogP contribution < -0.4 is 0 Å². The normalized spacial score (nSPS) is 16.4. The summed E-state index contributed by atoms with van der Waals surface area (Å²) < 4.78 is 2.18. The van der Waals surface area contributed by atoms with Gasteiger partial charge in [-0.25, -0.2) is 4.98 Å². The number of benzene rings is 2. The highest BCUT2D eigenvalue weighted by atomic mass is 16.2. The number of aromatic nitrogens is 2. The van der Waals surface area contributed by atoms with E-state index < -0.39 is 0 Å². The van der Waals surface area contributed by atoms with Crippen LogP contribution in [0.2, 0.25) is 0 Å². The number of amides is 1. The number of nitrogens with zero attached hydrogens (tertiary/aromatic N) is 3. The van der Waals surface area contributed by atoms with E-state index in [1.165, 1.54) is 24.8 Å². The lowest BCUT2D eigenvalue weighted by molar-refractivity contribution is 0.0696. The van der Waals surface area contributed by atoms with Gasteiger partial charge in [-0.1, -0.05) is 43.5 Å². The third-order valence-corrected chi connectivity index (χ3v) is 5.98. The second-order valence-corrected chi connectivity index (χ2v) is 7.65. The Balaban J connectivity index is 1.52. The van der Waals surface area contributed by atoms with Crippen molar-refractivity contribution in [2.75, 3.05) is 7.05 Å². The van der Waals surface area contributed by atoms with Crippen molar-refractivity contribution in [3.63, 3.8) is 0 Å². The zero-order valence-electron chi connectivity index (χ0n) is 16.1. The van der Waals surface area contributed by atoms with E-state index in [0.29, 0.717) is 6.04 Å². The number of hydrogen-bond donors (Lipinski definition) is 0. The molecule has 4 heteroatoms. The highest BCUT2D eigenvalue weighted by Crippen LogP contribution is 2.25. The zero-order chi connectivity index (χ0) is 18.8. The first-order valence-electron chi connectivity index (χ1n) is 9.94. The van der Waals surface area contributed by atoms with Gasteiger partial charge in [0, 0.05) is 18.7 Å². The Kier molecular flexibility index (Phi) is 4.97. The van der Waals surface area contributed by atoms with Crippen molar-refractivity contribution < 1.29 is 4.79 Å². The molecule has 0 bridgehead atoms. The standard InChI is InChI=1S/C23H27N3O/c1-17(26-16-24-21-10-6-7-11-22(21)26)18-12-14-19(15-13-18)23(27)25(2)20-8-4-3-5-9-20/h6-7,10-17,20H,3-5,8-9H2,1-2H3. The van der Waals surface area contributed by atoms with Gasteiger partial charge in [0.05, 0.1) is 23.4 Å². The second-order valence-electron chi connectivity index (χ2n) is 7.65. The molecule has 1 unspecified atom stereocenters. The minimum Gasteiger partial charge on any atom is -0.339 e. The molecule has 1 aromatic heterocycles. The number of carbonyl (C=O) groups is 1. The molecule has 1 fully saturated rings. The summed E-state index contributed by atoms with van der Waals surface area (Å²) in [6.45, 7) is 2.17. The quantitative estimate of drug-likeness (QED) is 0.652. The summed E-state index contributed by atoms with van der Waals surface area (Å²) in [5.74, 6) is 0.134. The van der Waals surface area contributed by atoms with Crippen molar-refractivity contribution in [2.45, 2.75) is 51.1 Å². The van der Waals surface area contributed by atoms with Crippen LogP contribution in [0, 0.1) is 0 Å². The lowest BCUT2D eigenvalue weighted by Gasteiger charge is -2.31. The van der Waals surface area contributed by atoms with Crippen molar-refractivity contribution in [3.8, 4) is 0 Å². The molecule has 3 aromatic rings. The van der Waals surface area contributed by atoms with Crippen LogP contribution in [0.25, 0.3) is 11.0 Å². The molecule has 2 aromatic carbocycles. The van der Waals surface area contributed by atoms with Gasteiger partial charge in [-0.2, -0.15) is 0 Å². The predicted octanol–water partition coefficient (Wildman–Crippen LogP) is 5.05. The van der Waals surface area contributed by atoms with E-state index in [0.717, 1.165) is 29.4 Å². The fourth-order valence-corrected chi connectivity index (χ4v) is 4.19. The molecule has 0 saturated heterocycles. The van der Waals surface area contributed by atoms with E-state index in [-0.39, 0.29) is 11.9 Å². The smallest absolute Gasteiger partial charge is 0.253 e. The first kappa shape index (κ1) is 17.8. The fraction of sp³-hybridized carbons (Fsp3) is 0.391. The molecule has 1 saturated carbocycles. The van der Waals surface area contributed by atoms with Crippen LogP contribution in [0.15, 0.2) is 54.9 Å². The van der Waals surface area contributed by atoms with Crippen LogP contribution in [-0.4, -0.2) is 33.4 Å². The fourth-order valence-electron chi connectivity index (χ4n) is 4.19. The molecule has 1 aliphatic carbocycles. The number of para-hydroxylation sites is 2. The molecule has 0 aliphatic heterocycles. The number of hydrogen-bond acceptors (Lipinski definition) is 2. The number of imidazole rings is 1. The van der Waals surface area contributed by atoms with Crippen molar-refractivity contribution in [2.24, 2.45) is 0 Å². The lowest BCUT2D eigenvalue weighted by atomic mass is 9.94. The zero-order valence-corrected chi connectivity index (χ0v) is 16.1. The van der Waals surface area contributed by atoms with Gasteiger partial charge in [0.1, 0.15) is 0 Å². The third kappa shape index (κ3) is 3.48. The average molecular weight is 361 g/mol. The Bertz CT molecular complexity index is 922. The summed E-state index contributed by atoms with van der Waals surface area (Å²) in [6, 6.07) is 16.8. The van der Waals surface area contributed by atoms with Gasteiger partial charge in [-0.15, -0.1) is 0 Å². The summed E-state index contributed by atoms with van der Waals surface area (Å²) >= 11 is 0. The monoisotopic (exact) mass is 361 g/mol. The maximum absolute atomic E-state index is 12.8. The highest BCUT2D eigenvalue weighted by molar-refractivity contribution is 5.94. The van der Waals surface area contributed by atoms with Crippen molar-refractivity contribution in [1.82, 2.24) is 14.5 Å². The van der Waals surface area contributed by atoms with Gasteiger partial charge >= 0.3 is 0 Å². The van der Waals surface area contributed by atoms with Crippen LogP contribution >= 0.6 is 0 Å². The van der Waals surface area contributed by atoms with Gasteiger partial charge in [0.15, 0.2) is 0 Å². The van der Waals surface area contributed by atoms with Gasteiger partial charge in [-0.05, 0) is 49.6 Å². The molecular formula is C23H27N3O. The predicted molar refractivity (Wildman–Crippen MR) is 109 cm³/mol. The molecular weight excluding hydrogens is 334 g/mol. The molecule has 1 aliphatic rings. The molecule has 1 heterocycles. The summed E-state index contributed by atoms with van der Waals surface area (Å²) in [6.07, 6.45) is 7.92. The van der Waals surface area contributed by atoms with Crippen LogP contribution in [0.5, 0.6) is 0 Å². The maximum Gasteiger partial charge on any atom is 0.253 e. The van der Waals surface area contributed by atoms with Crippen LogP contribution in [0.1, 0.15) is 61.0 Å². The summed E-state index contributed by atoms with van der Waals surface area (Å²) in [5, 5.41) is 0. The van der Waals surface area contributed by atoms with Crippen molar-refractivity contribution in [1.29, 1.82) is 0 Å². The van der Waals surface area contributed by atoms with E-state index in [9.17, 15) is 4.79 Å². The topological polar surface area (TPSA) is 38.1 Å². The molecule has 0 radical (unpaired) electrons. The molecule has 0 spiro atoms. The van der Waals surface area contributed by atoms with Gasteiger partial charge < -0.3 is 9.47 Å². The molecule has 1 amide bonds. The first-order valence-corrected chi connectivity index (χ1v) is 9.94. The Morgan fingerprint density at radius 1 is 1.07 bits per heavy atom. The SMILES string of the molecule is CC(c1ccc(C(=O)N(C)C2CCCCC2)cc1)n1cnc2ccccc21. The Morgan fingerprint density at radius 3 is 2.52 bits per heavy atom. The third-order valence-electron chi connectivity index (χ3n) is 5.98. The van der Waals surface area contributed by atoms with Crippen LogP contribution in [0.3, 0.4) is 0 Å². The minimum atomic E-state index is 0.134. The van der Waals surface area contributed by atoms with Gasteiger partial charge in [0.2, 0.25) is 0 Å². The Morgan fingerprint density at radius 2 is 1.78 bits per heavy atom. The number of rotatable bonds is 4. The molecule has 4 nitrogen and oxygen atoms in total. The van der Waals surface area contributed by atoms with E-state index in [1.54, 1.807) is 0 Å². The van der Waals surface area contributed by atoms with Crippen LogP contribution in [0.4, 0.5) is 0 Å². The van der Waals surface area contributed by atoms with E-state index >= 15 is 0 Å². The van der Waals surface area contributed by atoms with Gasteiger partial charge in [-0.3, -0.25) is 4.79 Å². The van der Waals surface area contributed by atoms with E-state index in [1.807, 2.05) is 48.6 Å². The summed E-state index contributed by atoms with van der Waals surface area (Å²) in [4.78, 5) is 19.3.